The molecule has 47 heavy (non-hydrogen) atoms. The van der Waals surface area contributed by atoms with E-state index in [-0.39, 0.29) is 24.1 Å². The van der Waals surface area contributed by atoms with Gasteiger partial charge in [-0.25, -0.2) is 5.43 Å². The maximum atomic E-state index is 12.9. The third-order valence-corrected chi connectivity index (χ3v) is 9.26. The fraction of sp³-hybridized carbons (Fsp3) is 0.514. The van der Waals surface area contributed by atoms with Crippen LogP contribution in [-0.4, -0.2) is 78.7 Å². The van der Waals surface area contributed by atoms with E-state index in [0.717, 1.165) is 88.2 Å². The molecule has 5 rings (SSSR count). The Bertz CT molecular complexity index is 1470. The van der Waals surface area contributed by atoms with Gasteiger partial charge in [-0.3, -0.25) is 34.8 Å². The highest BCUT2D eigenvalue weighted by molar-refractivity contribution is 6.05. The Hall–Kier alpha value is -4.20. The van der Waals surface area contributed by atoms with Crippen LogP contribution < -0.4 is 21.1 Å². The number of piperazine rings is 1. The van der Waals surface area contributed by atoms with Crippen molar-refractivity contribution in [3.63, 3.8) is 0 Å². The summed E-state index contributed by atoms with van der Waals surface area (Å²) in [4.78, 5) is 55.5. The molecular formula is C37H48N6O4. The normalized spacial score (nSPS) is 18.1. The van der Waals surface area contributed by atoms with E-state index in [1.807, 2.05) is 36.4 Å². The molecule has 3 heterocycles. The number of hydrazine groups is 1. The number of anilines is 1. The number of nitrogens with zero attached hydrogens (tertiary/aromatic N) is 3. The largest absolute Gasteiger partial charge is 0.369 e. The summed E-state index contributed by atoms with van der Waals surface area (Å²) < 4.78 is 0. The van der Waals surface area contributed by atoms with Crippen molar-refractivity contribution in [1.29, 1.82) is 0 Å². The van der Waals surface area contributed by atoms with E-state index in [9.17, 15) is 19.2 Å². The van der Waals surface area contributed by atoms with Crippen LogP contribution in [-0.2, 0) is 16.1 Å². The van der Waals surface area contributed by atoms with Crippen LogP contribution in [0.25, 0.3) is 0 Å². The van der Waals surface area contributed by atoms with Crippen LogP contribution >= 0.6 is 0 Å². The van der Waals surface area contributed by atoms with Gasteiger partial charge in [0.05, 0.1) is 0 Å². The first-order valence-electron chi connectivity index (χ1n) is 17.3. The van der Waals surface area contributed by atoms with Crippen molar-refractivity contribution in [2.45, 2.75) is 83.7 Å². The van der Waals surface area contributed by atoms with Gasteiger partial charge in [-0.15, -0.1) is 0 Å². The highest BCUT2D eigenvalue weighted by Crippen LogP contribution is 2.28. The second-order valence-corrected chi connectivity index (χ2v) is 12.7. The van der Waals surface area contributed by atoms with Crippen LogP contribution in [0.4, 0.5) is 5.69 Å². The lowest BCUT2D eigenvalue weighted by molar-refractivity contribution is -0.136. The average molecular weight is 641 g/mol. The van der Waals surface area contributed by atoms with E-state index < -0.39 is 11.9 Å². The Labute approximate surface area is 278 Å². The molecule has 1 atom stereocenters. The molecule has 0 aliphatic carbocycles. The third-order valence-electron chi connectivity index (χ3n) is 9.26. The molecule has 250 valence electrons. The fourth-order valence-corrected chi connectivity index (χ4v) is 6.45. The number of amides is 4. The van der Waals surface area contributed by atoms with E-state index in [2.05, 4.69) is 44.7 Å². The monoisotopic (exact) mass is 640 g/mol. The SMILES string of the molecule is CCCCCCNNC(=O)c1ccc(N2CCN(CCCCCC#Cc3ccc4c(c3)CN(C3CCC(=O)NC3=O)C4=O)CC2)cc1. The molecule has 3 aliphatic rings. The molecule has 2 aromatic rings. The minimum atomic E-state index is -0.600. The maximum absolute atomic E-state index is 12.9. The van der Waals surface area contributed by atoms with E-state index in [1.54, 1.807) is 11.0 Å². The van der Waals surface area contributed by atoms with Crippen molar-refractivity contribution in [3.8, 4) is 11.8 Å². The minimum Gasteiger partial charge on any atom is -0.369 e. The number of benzene rings is 2. The number of imide groups is 1. The number of hydrogen-bond donors (Lipinski definition) is 3. The minimum absolute atomic E-state index is 0.0937. The molecule has 3 N–H and O–H groups in total. The second-order valence-electron chi connectivity index (χ2n) is 12.7. The van der Waals surface area contributed by atoms with Crippen LogP contribution in [0.15, 0.2) is 42.5 Å². The lowest BCUT2D eigenvalue weighted by Crippen LogP contribution is -2.52. The second kappa shape index (κ2) is 17.1. The lowest BCUT2D eigenvalue weighted by Gasteiger charge is -2.36. The van der Waals surface area contributed by atoms with Crippen LogP contribution in [0, 0.1) is 11.8 Å². The molecule has 3 aliphatic heterocycles. The van der Waals surface area contributed by atoms with Gasteiger partial charge >= 0.3 is 0 Å². The molecule has 10 nitrogen and oxygen atoms in total. The number of rotatable bonds is 14. The summed E-state index contributed by atoms with van der Waals surface area (Å²) in [6, 6.07) is 12.9. The molecule has 2 saturated heterocycles. The molecular weight excluding hydrogens is 592 g/mol. The van der Waals surface area contributed by atoms with Gasteiger partial charge < -0.3 is 9.80 Å². The van der Waals surface area contributed by atoms with Gasteiger partial charge in [0.1, 0.15) is 6.04 Å². The predicted octanol–water partition coefficient (Wildman–Crippen LogP) is 4.00. The van der Waals surface area contributed by atoms with E-state index in [4.69, 9.17) is 0 Å². The van der Waals surface area contributed by atoms with Crippen LogP contribution in [0.1, 0.15) is 103 Å². The number of nitrogens with one attached hydrogen (secondary N) is 3. The van der Waals surface area contributed by atoms with Gasteiger partial charge in [0.15, 0.2) is 0 Å². The van der Waals surface area contributed by atoms with Gasteiger partial charge in [-0.2, -0.15) is 0 Å². The number of carbonyl (C=O) groups excluding carboxylic acids is 4. The molecule has 0 spiro atoms. The molecule has 0 bridgehead atoms. The smallest absolute Gasteiger partial charge is 0.265 e. The summed E-state index contributed by atoms with van der Waals surface area (Å²) in [5.74, 6) is 5.60. The summed E-state index contributed by atoms with van der Waals surface area (Å²) >= 11 is 0. The van der Waals surface area contributed by atoms with Gasteiger partial charge in [-0.05, 0) is 80.3 Å². The zero-order valence-electron chi connectivity index (χ0n) is 27.6. The number of piperidine rings is 1. The Balaban J connectivity index is 0.952. The van der Waals surface area contributed by atoms with E-state index in [1.165, 1.54) is 19.3 Å². The number of fused-ring (bicyclic) bond motifs is 1. The highest BCUT2D eigenvalue weighted by atomic mass is 16.2. The van der Waals surface area contributed by atoms with Crippen molar-refractivity contribution in [2.24, 2.45) is 0 Å². The zero-order valence-corrected chi connectivity index (χ0v) is 27.6. The Morgan fingerprint density at radius 2 is 1.72 bits per heavy atom. The van der Waals surface area contributed by atoms with Gasteiger partial charge in [0.2, 0.25) is 11.8 Å². The Kier molecular flexibility index (Phi) is 12.4. The summed E-state index contributed by atoms with van der Waals surface area (Å²) in [5, 5.41) is 2.34. The van der Waals surface area contributed by atoms with Crippen molar-refractivity contribution in [3.05, 3.63) is 64.7 Å². The molecule has 1 unspecified atom stereocenters. The highest BCUT2D eigenvalue weighted by Gasteiger charge is 2.39. The van der Waals surface area contributed by atoms with Crippen LogP contribution in [0.2, 0.25) is 0 Å². The number of unbranched alkanes of at least 4 members (excludes halogenated alkanes) is 6. The van der Waals surface area contributed by atoms with Gasteiger partial charge in [0, 0.05) is 74.5 Å². The average Bonchev–Trinajstić information content (AvgIpc) is 3.41. The molecule has 2 fully saturated rings. The summed E-state index contributed by atoms with van der Waals surface area (Å²) in [7, 11) is 0. The first-order chi connectivity index (χ1) is 22.9. The predicted molar refractivity (Wildman–Crippen MR) is 183 cm³/mol. The molecule has 2 aromatic carbocycles. The molecule has 4 amide bonds. The van der Waals surface area contributed by atoms with Gasteiger partial charge in [0.25, 0.3) is 11.8 Å². The van der Waals surface area contributed by atoms with Gasteiger partial charge in [-0.1, -0.05) is 44.4 Å². The topological polar surface area (TPSA) is 114 Å². The Morgan fingerprint density at radius 3 is 2.49 bits per heavy atom. The summed E-state index contributed by atoms with van der Waals surface area (Å²) in [6.45, 7) is 8.47. The first-order valence-corrected chi connectivity index (χ1v) is 17.3. The van der Waals surface area contributed by atoms with E-state index >= 15 is 0 Å². The van der Waals surface area contributed by atoms with Crippen molar-refractivity contribution < 1.29 is 19.2 Å². The van der Waals surface area contributed by atoms with Crippen molar-refractivity contribution in [1.82, 2.24) is 26.0 Å². The van der Waals surface area contributed by atoms with Crippen molar-refractivity contribution in [2.75, 3.05) is 44.2 Å². The van der Waals surface area contributed by atoms with Crippen molar-refractivity contribution >= 4 is 29.3 Å². The third kappa shape index (κ3) is 9.43. The molecule has 10 heteroatoms. The molecule has 0 aromatic heterocycles. The summed E-state index contributed by atoms with van der Waals surface area (Å²) in [5.41, 5.74) is 10.0. The fourth-order valence-electron chi connectivity index (χ4n) is 6.45. The standard InChI is InChI=1S/C37H48N6O4/c1-2-3-4-9-20-38-40-35(45)29-13-15-31(16-14-29)42-24-22-41(23-25-42)21-10-7-5-6-8-11-28-12-17-32-30(26-28)27-43(37(32)47)33-18-19-34(44)39-36(33)46/h12-17,26,33,38H,2-7,9-10,18-25,27H2,1H3,(H,40,45)(H,39,44,46). The summed E-state index contributed by atoms with van der Waals surface area (Å²) in [6.07, 6.45) is 9.44. The first kappa shape index (κ1) is 34.1. The zero-order chi connectivity index (χ0) is 33.0. The Morgan fingerprint density at radius 1 is 0.936 bits per heavy atom. The number of carbonyl (C=O) groups is 4. The maximum Gasteiger partial charge on any atom is 0.265 e. The molecule has 0 radical (unpaired) electrons. The molecule has 0 saturated carbocycles. The van der Waals surface area contributed by atoms with Crippen LogP contribution in [0.5, 0.6) is 0 Å². The quantitative estimate of drug-likeness (QED) is 0.124. The lowest BCUT2D eigenvalue weighted by atomic mass is 10.0. The van der Waals surface area contributed by atoms with Crippen LogP contribution in [0.3, 0.4) is 0 Å². The van der Waals surface area contributed by atoms with E-state index in [0.29, 0.717) is 24.1 Å². The number of hydrogen-bond acceptors (Lipinski definition) is 7.